The minimum atomic E-state index is -0.669. The van der Waals surface area contributed by atoms with Crippen LogP contribution in [0.2, 0.25) is 0 Å². The Labute approximate surface area is 206 Å². The van der Waals surface area contributed by atoms with Crippen LogP contribution in [-0.2, 0) is 35.5 Å². The Morgan fingerprint density at radius 3 is 1.89 bits per heavy atom. The van der Waals surface area contributed by atoms with Crippen molar-refractivity contribution in [2.24, 2.45) is 0 Å². The molecule has 1 aromatic heterocycles. The first-order chi connectivity index (χ1) is 17.2. The van der Waals surface area contributed by atoms with Gasteiger partial charge in [-0.05, 0) is 28.8 Å². The number of aromatic nitrogens is 1. The van der Waals surface area contributed by atoms with Crippen molar-refractivity contribution < 1.29 is 9.59 Å². The van der Waals surface area contributed by atoms with E-state index >= 15 is 0 Å². The Hall–Kier alpha value is -4.25. The molecule has 3 aromatic carbocycles. The Balaban J connectivity index is 1.62. The van der Waals surface area contributed by atoms with Crippen molar-refractivity contribution in [1.82, 2.24) is 15.2 Å². The zero-order valence-corrected chi connectivity index (χ0v) is 19.6. The molecule has 0 unspecified atom stereocenters. The zero-order chi connectivity index (χ0) is 24.3. The molecule has 4 rings (SSSR count). The fraction of sp³-hybridized carbons (Fsp3) is 0.167. The second-order valence-electron chi connectivity index (χ2n) is 8.41. The van der Waals surface area contributed by atoms with Crippen LogP contribution in [0.1, 0.15) is 22.4 Å². The molecule has 0 fully saturated rings. The van der Waals surface area contributed by atoms with Crippen molar-refractivity contribution in [2.45, 2.75) is 32.0 Å². The second kappa shape index (κ2) is 12.3. The van der Waals surface area contributed by atoms with E-state index in [1.165, 1.54) is 0 Å². The van der Waals surface area contributed by atoms with E-state index in [0.29, 0.717) is 19.5 Å². The predicted molar refractivity (Wildman–Crippen MR) is 137 cm³/mol. The average Bonchev–Trinajstić information content (AvgIpc) is 2.91. The number of carbonyl (C=O) groups is 2. The molecule has 0 bridgehead atoms. The van der Waals surface area contributed by atoms with Gasteiger partial charge >= 0.3 is 0 Å². The molecule has 0 spiro atoms. The lowest BCUT2D eigenvalue weighted by molar-refractivity contribution is -0.140. The monoisotopic (exact) mass is 463 g/mol. The van der Waals surface area contributed by atoms with Gasteiger partial charge in [-0.2, -0.15) is 0 Å². The predicted octanol–water partition coefficient (Wildman–Crippen LogP) is 4.58. The third kappa shape index (κ3) is 7.11. The van der Waals surface area contributed by atoms with Gasteiger partial charge in [0.25, 0.3) is 0 Å². The van der Waals surface area contributed by atoms with E-state index in [0.717, 1.165) is 22.4 Å². The summed E-state index contributed by atoms with van der Waals surface area (Å²) in [6.45, 7) is 0.651. The molecule has 0 aliphatic carbocycles. The number of nitrogens with one attached hydrogen (secondary N) is 1. The summed E-state index contributed by atoms with van der Waals surface area (Å²) < 4.78 is 0. The third-order valence-electron chi connectivity index (χ3n) is 5.83. The Morgan fingerprint density at radius 2 is 1.29 bits per heavy atom. The Bertz CT molecular complexity index is 1200. The minimum absolute atomic E-state index is 0.0889. The van der Waals surface area contributed by atoms with Crippen LogP contribution in [0.15, 0.2) is 115 Å². The molecule has 35 heavy (non-hydrogen) atoms. The topological polar surface area (TPSA) is 62.3 Å². The summed E-state index contributed by atoms with van der Waals surface area (Å²) in [6, 6.07) is 34.2. The summed E-state index contributed by atoms with van der Waals surface area (Å²) in [5, 5.41) is 3.01. The number of rotatable bonds is 10. The number of benzene rings is 3. The number of amides is 2. The molecular weight excluding hydrogens is 434 g/mol. The summed E-state index contributed by atoms with van der Waals surface area (Å²) in [6.07, 6.45) is 2.35. The highest BCUT2D eigenvalue weighted by Crippen LogP contribution is 2.17. The minimum Gasteiger partial charge on any atom is -0.349 e. The highest BCUT2D eigenvalue weighted by atomic mass is 16.2. The maximum absolute atomic E-state index is 13.7. The van der Waals surface area contributed by atoms with E-state index in [1.54, 1.807) is 11.1 Å². The molecule has 5 nitrogen and oxygen atoms in total. The maximum atomic E-state index is 13.7. The Kier molecular flexibility index (Phi) is 8.38. The fourth-order valence-electron chi connectivity index (χ4n) is 4.00. The summed E-state index contributed by atoms with van der Waals surface area (Å²) in [5.74, 6) is -0.286. The fourth-order valence-corrected chi connectivity index (χ4v) is 4.00. The van der Waals surface area contributed by atoms with Crippen molar-refractivity contribution >= 4 is 11.8 Å². The molecule has 176 valence electrons. The number of carbonyl (C=O) groups excluding carboxylic acids is 2. The quantitative estimate of drug-likeness (QED) is 0.374. The molecule has 1 heterocycles. The van der Waals surface area contributed by atoms with Gasteiger partial charge in [-0.3, -0.25) is 14.6 Å². The maximum Gasteiger partial charge on any atom is 0.243 e. The van der Waals surface area contributed by atoms with Gasteiger partial charge in [-0.1, -0.05) is 97.1 Å². The van der Waals surface area contributed by atoms with Gasteiger partial charge in [0.05, 0.1) is 18.7 Å². The Morgan fingerprint density at radius 1 is 0.714 bits per heavy atom. The molecular formula is C30H29N3O2. The summed E-state index contributed by atoms with van der Waals surface area (Å²) in [7, 11) is 0. The van der Waals surface area contributed by atoms with Gasteiger partial charge in [-0.15, -0.1) is 0 Å². The lowest BCUT2D eigenvalue weighted by Gasteiger charge is -2.31. The van der Waals surface area contributed by atoms with Crippen molar-refractivity contribution in [3.8, 4) is 0 Å². The van der Waals surface area contributed by atoms with Crippen LogP contribution in [0.5, 0.6) is 0 Å². The van der Waals surface area contributed by atoms with Crippen LogP contribution in [0, 0.1) is 0 Å². The molecule has 0 saturated heterocycles. The SMILES string of the molecule is O=C(NCc1ccccn1)[C@@H](Cc1ccccc1)N(Cc1ccccc1)C(=O)Cc1ccccc1. The third-order valence-corrected chi connectivity index (χ3v) is 5.83. The van der Waals surface area contributed by atoms with Crippen molar-refractivity contribution in [3.63, 3.8) is 0 Å². The van der Waals surface area contributed by atoms with E-state index in [9.17, 15) is 9.59 Å². The molecule has 0 aliphatic rings. The van der Waals surface area contributed by atoms with Gasteiger partial charge in [0.2, 0.25) is 11.8 Å². The molecule has 0 aliphatic heterocycles. The first kappa shape index (κ1) is 23.9. The molecule has 0 saturated carbocycles. The van der Waals surface area contributed by atoms with Crippen molar-refractivity contribution in [1.29, 1.82) is 0 Å². The van der Waals surface area contributed by atoms with Crippen molar-refractivity contribution in [3.05, 3.63) is 138 Å². The molecule has 2 amide bonds. The highest BCUT2D eigenvalue weighted by Gasteiger charge is 2.30. The molecule has 0 radical (unpaired) electrons. The van der Waals surface area contributed by atoms with Crippen LogP contribution < -0.4 is 5.32 Å². The molecule has 5 heteroatoms. The van der Waals surface area contributed by atoms with Crippen LogP contribution >= 0.6 is 0 Å². The molecule has 1 N–H and O–H groups in total. The summed E-state index contributed by atoms with van der Waals surface area (Å²) in [4.78, 5) is 33.3. The lowest BCUT2D eigenvalue weighted by atomic mass is 10.0. The smallest absolute Gasteiger partial charge is 0.243 e. The average molecular weight is 464 g/mol. The van der Waals surface area contributed by atoms with Crippen LogP contribution in [-0.4, -0.2) is 27.7 Å². The largest absolute Gasteiger partial charge is 0.349 e. The van der Waals surface area contributed by atoms with Gasteiger partial charge in [0, 0.05) is 19.2 Å². The van der Waals surface area contributed by atoms with E-state index < -0.39 is 6.04 Å². The van der Waals surface area contributed by atoms with Crippen molar-refractivity contribution in [2.75, 3.05) is 0 Å². The second-order valence-corrected chi connectivity index (χ2v) is 8.41. The van der Waals surface area contributed by atoms with E-state index in [1.807, 2.05) is 109 Å². The molecule has 4 aromatic rings. The van der Waals surface area contributed by atoms with E-state index in [4.69, 9.17) is 0 Å². The van der Waals surface area contributed by atoms with Gasteiger partial charge in [0.15, 0.2) is 0 Å². The lowest BCUT2D eigenvalue weighted by Crippen LogP contribution is -2.50. The molecule has 1 atom stereocenters. The first-order valence-corrected chi connectivity index (χ1v) is 11.8. The first-order valence-electron chi connectivity index (χ1n) is 11.8. The van der Waals surface area contributed by atoms with E-state index in [-0.39, 0.29) is 18.2 Å². The number of nitrogens with zero attached hydrogens (tertiary/aromatic N) is 2. The van der Waals surface area contributed by atoms with Crippen LogP contribution in [0.4, 0.5) is 0 Å². The zero-order valence-electron chi connectivity index (χ0n) is 19.6. The number of hydrogen-bond acceptors (Lipinski definition) is 3. The van der Waals surface area contributed by atoms with Crippen LogP contribution in [0.25, 0.3) is 0 Å². The number of pyridine rings is 1. The van der Waals surface area contributed by atoms with Gasteiger partial charge < -0.3 is 10.2 Å². The van der Waals surface area contributed by atoms with Gasteiger partial charge in [0.1, 0.15) is 6.04 Å². The standard InChI is InChI=1S/C30H29N3O2/c34-29(21-25-14-6-2-7-15-25)33(23-26-16-8-3-9-17-26)28(20-24-12-4-1-5-13-24)30(35)32-22-27-18-10-11-19-31-27/h1-19,28H,20-23H2,(H,32,35)/t28-/m1/s1. The van der Waals surface area contributed by atoms with Gasteiger partial charge in [-0.25, -0.2) is 0 Å². The number of hydrogen-bond donors (Lipinski definition) is 1. The highest BCUT2D eigenvalue weighted by molar-refractivity contribution is 5.88. The normalized spacial score (nSPS) is 11.4. The van der Waals surface area contributed by atoms with Crippen LogP contribution in [0.3, 0.4) is 0 Å². The van der Waals surface area contributed by atoms with E-state index in [2.05, 4.69) is 10.3 Å². The summed E-state index contributed by atoms with van der Waals surface area (Å²) in [5.41, 5.74) is 3.66. The summed E-state index contributed by atoms with van der Waals surface area (Å²) >= 11 is 0.